The molecule has 1 aromatic heterocycles. The third-order valence-electron chi connectivity index (χ3n) is 3.53. The predicted octanol–water partition coefficient (Wildman–Crippen LogP) is 0.649. The molecule has 2 heterocycles. The van der Waals surface area contributed by atoms with Gasteiger partial charge in [-0.3, -0.25) is 9.59 Å². The Kier molecular flexibility index (Phi) is 5.08. The summed E-state index contributed by atoms with van der Waals surface area (Å²) in [6, 6.07) is 1.92. The maximum Gasteiger partial charge on any atom is 0.270 e. The second-order valence-corrected chi connectivity index (χ2v) is 5.07. The van der Waals surface area contributed by atoms with Gasteiger partial charge in [0.15, 0.2) is 0 Å². The minimum absolute atomic E-state index is 0.119. The van der Waals surface area contributed by atoms with Crippen LogP contribution in [0.2, 0.25) is 0 Å². The van der Waals surface area contributed by atoms with Gasteiger partial charge in [-0.2, -0.15) is 0 Å². The molecule has 21 heavy (non-hydrogen) atoms. The summed E-state index contributed by atoms with van der Waals surface area (Å²) >= 11 is 0. The minimum atomic E-state index is -0.200. The number of hydrogen-bond donors (Lipinski definition) is 2. The molecule has 1 aromatic rings. The Bertz CT molecular complexity index is 512. The third-order valence-corrected chi connectivity index (χ3v) is 3.53. The molecule has 0 unspecified atom stereocenters. The molecule has 0 radical (unpaired) electrons. The number of amides is 2. The number of aromatic nitrogens is 2. The zero-order valence-electron chi connectivity index (χ0n) is 12.4. The molecule has 0 bridgehead atoms. The van der Waals surface area contributed by atoms with Crippen molar-refractivity contribution in [1.29, 1.82) is 0 Å². The molecule has 1 fully saturated rings. The van der Waals surface area contributed by atoms with E-state index in [0.29, 0.717) is 18.1 Å². The summed E-state index contributed by atoms with van der Waals surface area (Å²) in [5.74, 6) is 0.566. The van der Waals surface area contributed by atoms with Crippen LogP contribution < -0.4 is 10.6 Å². The molecule has 2 N–H and O–H groups in total. The lowest BCUT2D eigenvalue weighted by atomic mass is 10.1. The van der Waals surface area contributed by atoms with Crippen molar-refractivity contribution < 1.29 is 9.59 Å². The summed E-state index contributed by atoms with van der Waals surface area (Å²) in [4.78, 5) is 33.0. The zero-order valence-corrected chi connectivity index (χ0v) is 12.4. The van der Waals surface area contributed by atoms with Crippen LogP contribution in [0.4, 0.5) is 5.82 Å². The van der Waals surface area contributed by atoms with Crippen LogP contribution in [0, 0.1) is 0 Å². The lowest BCUT2D eigenvalue weighted by Gasteiger charge is -2.31. The molecule has 2 rings (SSSR count). The first-order valence-electron chi connectivity index (χ1n) is 7.22. The number of nitrogens with zero attached hydrogens (tertiary/aromatic N) is 3. The molecule has 1 saturated heterocycles. The molecule has 0 saturated carbocycles. The van der Waals surface area contributed by atoms with Gasteiger partial charge >= 0.3 is 0 Å². The molecule has 0 aliphatic carbocycles. The lowest BCUT2D eigenvalue weighted by molar-refractivity contribution is -0.129. The largest absolute Gasteiger partial charge is 0.367 e. The van der Waals surface area contributed by atoms with Gasteiger partial charge in [-0.1, -0.05) is 0 Å². The van der Waals surface area contributed by atoms with Gasteiger partial charge < -0.3 is 15.5 Å². The molecule has 2 amide bonds. The second-order valence-electron chi connectivity index (χ2n) is 5.07. The molecular formula is C14H21N5O2. The summed E-state index contributed by atoms with van der Waals surface area (Å²) in [7, 11) is 0. The summed E-state index contributed by atoms with van der Waals surface area (Å²) in [5.41, 5.74) is 0.357. The third kappa shape index (κ3) is 4.14. The maximum atomic E-state index is 11.7. The highest BCUT2D eigenvalue weighted by Crippen LogP contribution is 2.15. The number of nitrogens with one attached hydrogen (secondary N) is 2. The fourth-order valence-corrected chi connectivity index (χ4v) is 2.36. The predicted molar refractivity (Wildman–Crippen MR) is 78.9 cm³/mol. The highest BCUT2D eigenvalue weighted by Gasteiger charge is 2.21. The molecule has 114 valence electrons. The van der Waals surface area contributed by atoms with Gasteiger partial charge in [0.05, 0.1) is 0 Å². The van der Waals surface area contributed by atoms with Crippen LogP contribution in [0.25, 0.3) is 0 Å². The van der Waals surface area contributed by atoms with Crippen LogP contribution in [0.1, 0.15) is 37.2 Å². The highest BCUT2D eigenvalue weighted by molar-refractivity contribution is 5.92. The second kappa shape index (κ2) is 7.01. The number of hydrogen-bond acceptors (Lipinski definition) is 5. The Balaban J connectivity index is 1.93. The summed E-state index contributed by atoms with van der Waals surface area (Å²) in [6.07, 6.45) is 3.14. The Morgan fingerprint density at radius 3 is 2.67 bits per heavy atom. The molecular weight excluding hydrogens is 270 g/mol. The Labute approximate surface area is 124 Å². The SMILES string of the molecule is CCNC(=O)c1cc(NC2CCN(C(C)=O)CC2)ncn1. The molecule has 0 aromatic carbocycles. The van der Waals surface area contributed by atoms with E-state index >= 15 is 0 Å². The smallest absolute Gasteiger partial charge is 0.270 e. The summed E-state index contributed by atoms with van der Waals surface area (Å²) in [5, 5.41) is 6.02. The normalized spacial score (nSPS) is 15.6. The lowest BCUT2D eigenvalue weighted by Crippen LogP contribution is -2.41. The summed E-state index contributed by atoms with van der Waals surface area (Å²) in [6.45, 7) is 5.52. The van der Waals surface area contributed by atoms with Crippen molar-refractivity contribution in [2.75, 3.05) is 25.0 Å². The molecule has 1 aliphatic heterocycles. The van der Waals surface area contributed by atoms with Gasteiger partial charge in [0.1, 0.15) is 17.8 Å². The first kappa shape index (κ1) is 15.2. The van der Waals surface area contributed by atoms with Crippen molar-refractivity contribution in [3.63, 3.8) is 0 Å². The van der Waals surface area contributed by atoms with E-state index in [2.05, 4.69) is 20.6 Å². The van der Waals surface area contributed by atoms with Crippen LogP contribution in [-0.4, -0.2) is 52.4 Å². The standard InChI is InChI=1S/C14H21N5O2/c1-3-15-14(21)12-8-13(17-9-16-12)18-11-4-6-19(7-5-11)10(2)20/h8-9,11H,3-7H2,1-2H3,(H,15,21)(H,16,17,18). The Morgan fingerprint density at radius 1 is 1.33 bits per heavy atom. The van der Waals surface area contributed by atoms with Crippen LogP contribution in [0.3, 0.4) is 0 Å². The zero-order chi connectivity index (χ0) is 15.2. The van der Waals surface area contributed by atoms with Gasteiger partial charge in [0.2, 0.25) is 5.91 Å². The number of carbonyl (C=O) groups is 2. The minimum Gasteiger partial charge on any atom is -0.367 e. The van der Waals surface area contributed by atoms with E-state index in [0.717, 1.165) is 25.9 Å². The highest BCUT2D eigenvalue weighted by atomic mass is 16.2. The van der Waals surface area contributed by atoms with E-state index in [1.165, 1.54) is 6.33 Å². The first-order chi connectivity index (χ1) is 10.1. The molecule has 1 aliphatic rings. The average molecular weight is 291 g/mol. The summed E-state index contributed by atoms with van der Waals surface area (Å²) < 4.78 is 0. The number of piperidine rings is 1. The molecule has 7 nitrogen and oxygen atoms in total. The van der Waals surface area contributed by atoms with Crippen molar-refractivity contribution in [1.82, 2.24) is 20.2 Å². The average Bonchev–Trinajstić information content (AvgIpc) is 2.48. The number of likely N-dealkylation sites (tertiary alicyclic amines) is 1. The van der Waals surface area contributed by atoms with E-state index in [1.54, 1.807) is 13.0 Å². The van der Waals surface area contributed by atoms with Crippen LogP contribution in [0.15, 0.2) is 12.4 Å². The molecule has 7 heteroatoms. The van der Waals surface area contributed by atoms with Crippen molar-refractivity contribution in [2.45, 2.75) is 32.7 Å². The monoisotopic (exact) mass is 291 g/mol. The van der Waals surface area contributed by atoms with E-state index in [9.17, 15) is 9.59 Å². The van der Waals surface area contributed by atoms with Crippen LogP contribution in [0.5, 0.6) is 0 Å². The number of carbonyl (C=O) groups excluding carboxylic acids is 2. The van der Waals surface area contributed by atoms with Crippen LogP contribution in [-0.2, 0) is 4.79 Å². The molecule has 0 atom stereocenters. The van der Waals surface area contributed by atoms with Crippen molar-refractivity contribution >= 4 is 17.6 Å². The fraction of sp³-hybridized carbons (Fsp3) is 0.571. The Hall–Kier alpha value is -2.18. The first-order valence-corrected chi connectivity index (χ1v) is 7.22. The van der Waals surface area contributed by atoms with Crippen molar-refractivity contribution in [2.24, 2.45) is 0 Å². The van der Waals surface area contributed by atoms with Crippen molar-refractivity contribution in [3.05, 3.63) is 18.1 Å². The van der Waals surface area contributed by atoms with Gasteiger partial charge in [-0.25, -0.2) is 9.97 Å². The van der Waals surface area contributed by atoms with Gasteiger partial charge in [-0.15, -0.1) is 0 Å². The van der Waals surface area contributed by atoms with Crippen LogP contribution >= 0.6 is 0 Å². The van der Waals surface area contributed by atoms with E-state index in [1.807, 2.05) is 11.8 Å². The number of rotatable bonds is 4. The Morgan fingerprint density at radius 2 is 2.05 bits per heavy atom. The van der Waals surface area contributed by atoms with Gasteiger partial charge in [-0.05, 0) is 19.8 Å². The van der Waals surface area contributed by atoms with Gasteiger partial charge in [0, 0.05) is 38.7 Å². The topological polar surface area (TPSA) is 87.2 Å². The van der Waals surface area contributed by atoms with Gasteiger partial charge in [0.25, 0.3) is 5.91 Å². The van der Waals surface area contributed by atoms with Crippen molar-refractivity contribution in [3.8, 4) is 0 Å². The molecule has 0 spiro atoms. The quantitative estimate of drug-likeness (QED) is 0.850. The number of anilines is 1. The fourth-order valence-electron chi connectivity index (χ4n) is 2.36. The van der Waals surface area contributed by atoms with E-state index in [4.69, 9.17) is 0 Å². The van der Waals surface area contributed by atoms with E-state index in [-0.39, 0.29) is 17.9 Å². The van der Waals surface area contributed by atoms with E-state index < -0.39 is 0 Å². The maximum absolute atomic E-state index is 11.7.